The molecule has 0 saturated heterocycles. The summed E-state index contributed by atoms with van der Waals surface area (Å²) in [5.74, 6) is 1.97. The van der Waals surface area contributed by atoms with E-state index in [0.29, 0.717) is 6.04 Å². The lowest BCUT2D eigenvalue weighted by atomic mass is 10.1. The van der Waals surface area contributed by atoms with Gasteiger partial charge in [0.1, 0.15) is 11.5 Å². The molecule has 2 aromatic rings. The molecule has 0 aliphatic carbocycles. The van der Waals surface area contributed by atoms with Crippen LogP contribution in [0.15, 0.2) is 35.0 Å². The van der Waals surface area contributed by atoms with Crippen molar-refractivity contribution in [3.05, 3.63) is 53.2 Å². The zero-order chi connectivity index (χ0) is 12.3. The van der Waals surface area contributed by atoms with E-state index in [1.165, 1.54) is 11.1 Å². The van der Waals surface area contributed by atoms with E-state index in [9.17, 15) is 0 Å². The number of hydrogen-bond donors (Lipinski definition) is 1. The van der Waals surface area contributed by atoms with E-state index in [-0.39, 0.29) is 0 Å². The molecule has 0 fully saturated rings. The Kier molecular flexibility index (Phi) is 3.59. The van der Waals surface area contributed by atoms with Crippen molar-refractivity contribution in [1.82, 2.24) is 10.3 Å². The first-order chi connectivity index (χ1) is 8.16. The number of aromatic nitrogens is 1. The Hall–Kier alpha value is -1.61. The smallest absolute Gasteiger partial charge is 0.105 e. The van der Waals surface area contributed by atoms with Gasteiger partial charge in [0.2, 0.25) is 0 Å². The second-order valence-electron chi connectivity index (χ2n) is 4.33. The van der Waals surface area contributed by atoms with Crippen LogP contribution in [0.2, 0.25) is 0 Å². The van der Waals surface area contributed by atoms with E-state index in [2.05, 4.69) is 23.3 Å². The summed E-state index contributed by atoms with van der Waals surface area (Å²) in [4.78, 5) is 4.01. The van der Waals surface area contributed by atoms with Crippen molar-refractivity contribution in [2.24, 2.45) is 0 Å². The minimum atomic E-state index is 0.292. The Morgan fingerprint density at radius 1 is 1.29 bits per heavy atom. The molecule has 3 heteroatoms. The van der Waals surface area contributed by atoms with Gasteiger partial charge in [-0.25, -0.2) is 0 Å². The number of nitrogens with zero attached hydrogens (tertiary/aromatic N) is 1. The molecule has 0 spiro atoms. The van der Waals surface area contributed by atoms with Crippen molar-refractivity contribution in [2.45, 2.75) is 33.4 Å². The van der Waals surface area contributed by atoms with Gasteiger partial charge in [0, 0.05) is 30.5 Å². The van der Waals surface area contributed by atoms with Gasteiger partial charge in [-0.05, 0) is 44.5 Å². The average molecular weight is 230 g/mol. The quantitative estimate of drug-likeness (QED) is 0.876. The zero-order valence-electron chi connectivity index (χ0n) is 10.5. The molecule has 17 heavy (non-hydrogen) atoms. The Labute approximate surface area is 102 Å². The lowest BCUT2D eigenvalue weighted by molar-refractivity contribution is 0.489. The molecule has 2 heterocycles. The summed E-state index contributed by atoms with van der Waals surface area (Å²) >= 11 is 0. The van der Waals surface area contributed by atoms with Crippen molar-refractivity contribution in [3.63, 3.8) is 0 Å². The van der Waals surface area contributed by atoms with E-state index < -0.39 is 0 Å². The average Bonchev–Trinajstić information content (AvgIpc) is 2.67. The van der Waals surface area contributed by atoms with Crippen LogP contribution in [-0.4, -0.2) is 4.98 Å². The third kappa shape index (κ3) is 2.94. The minimum absolute atomic E-state index is 0.292. The molecule has 0 bridgehead atoms. The largest absolute Gasteiger partial charge is 0.466 e. The molecule has 0 aliphatic heterocycles. The molecule has 0 aliphatic rings. The molecule has 1 atom stereocenters. The fourth-order valence-electron chi connectivity index (χ4n) is 1.96. The lowest BCUT2D eigenvalue weighted by Gasteiger charge is -2.12. The summed E-state index contributed by atoms with van der Waals surface area (Å²) in [6, 6.07) is 6.43. The fraction of sp³-hybridized carbons (Fsp3) is 0.357. The van der Waals surface area contributed by atoms with Gasteiger partial charge in [-0.3, -0.25) is 4.98 Å². The fourth-order valence-corrected chi connectivity index (χ4v) is 1.96. The highest BCUT2D eigenvalue weighted by molar-refractivity contribution is 5.23. The topological polar surface area (TPSA) is 38.1 Å². The van der Waals surface area contributed by atoms with Gasteiger partial charge in [-0.15, -0.1) is 0 Å². The number of furan rings is 1. The van der Waals surface area contributed by atoms with Crippen LogP contribution >= 0.6 is 0 Å². The third-order valence-corrected chi connectivity index (χ3v) is 2.91. The molecule has 2 rings (SSSR count). The van der Waals surface area contributed by atoms with Crippen molar-refractivity contribution in [2.75, 3.05) is 0 Å². The Morgan fingerprint density at radius 3 is 2.59 bits per heavy atom. The first-order valence-corrected chi connectivity index (χ1v) is 5.86. The van der Waals surface area contributed by atoms with Crippen LogP contribution < -0.4 is 5.32 Å². The molecule has 0 radical (unpaired) electrons. The second kappa shape index (κ2) is 5.15. The van der Waals surface area contributed by atoms with Crippen LogP contribution in [-0.2, 0) is 6.54 Å². The number of hydrogen-bond acceptors (Lipinski definition) is 3. The summed E-state index contributed by atoms with van der Waals surface area (Å²) in [7, 11) is 0. The maximum Gasteiger partial charge on any atom is 0.105 e. The molecule has 1 N–H and O–H groups in total. The second-order valence-corrected chi connectivity index (χ2v) is 4.33. The SMILES string of the molecule is Cc1cc(C(C)NCc2ccncc2)c(C)o1. The Morgan fingerprint density at radius 2 is 2.00 bits per heavy atom. The maximum atomic E-state index is 5.54. The van der Waals surface area contributed by atoms with E-state index in [1.807, 2.05) is 38.4 Å². The molecule has 0 amide bonds. The van der Waals surface area contributed by atoms with Crippen LogP contribution in [0.4, 0.5) is 0 Å². The van der Waals surface area contributed by atoms with Gasteiger partial charge >= 0.3 is 0 Å². The van der Waals surface area contributed by atoms with Gasteiger partial charge in [0.25, 0.3) is 0 Å². The van der Waals surface area contributed by atoms with Gasteiger partial charge < -0.3 is 9.73 Å². The molecule has 0 aromatic carbocycles. The number of pyridine rings is 1. The van der Waals surface area contributed by atoms with Crippen LogP contribution in [0.5, 0.6) is 0 Å². The van der Waals surface area contributed by atoms with Crippen LogP contribution in [0.3, 0.4) is 0 Å². The predicted octanol–water partition coefficient (Wildman–Crippen LogP) is 3.14. The normalized spacial score (nSPS) is 12.6. The van der Waals surface area contributed by atoms with Crippen molar-refractivity contribution < 1.29 is 4.42 Å². The van der Waals surface area contributed by atoms with E-state index in [0.717, 1.165) is 18.1 Å². The summed E-state index contributed by atoms with van der Waals surface area (Å²) in [6.07, 6.45) is 3.63. The van der Waals surface area contributed by atoms with Crippen molar-refractivity contribution in [1.29, 1.82) is 0 Å². The Balaban J connectivity index is 1.98. The molecule has 0 saturated carbocycles. The lowest BCUT2D eigenvalue weighted by Crippen LogP contribution is -2.18. The molecular weight excluding hydrogens is 212 g/mol. The van der Waals surface area contributed by atoms with Gasteiger partial charge in [0.05, 0.1) is 0 Å². The molecule has 3 nitrogen and oxygen atoms in total. The van der Waals surface area contributed by atoms with Crippen molar-refractivity contribution >= 4 is 0 Å². The molecule has 90 valence electrons. The standard InChI is InChI=1S/C14H18N2O/c1-10-8-14(12(3)17-10)11(2)16-9-13-4-6-15-7-5-13/h4-8,11,16H,9H2,1-3H3. The highest BCUT2D eigenvalue weighted by Gasteiger charge is 2.11. The van der Waals surface area contributed by atoms with E-state index in [1.54, 1.807) is 0 Å². The maximum absolute atomic E-state index is 5.54. The van der Waals surface area contributed by atoms with Crippen molar-refractivity contribution in [3.8, 4) is 0 Å². The van der Waals surface area contributed by atoms with Crippen LogP contribution in [0.25, 0.3) is 0 Å². The van der Waals surface area contributed by atoms with Crippen LogP contribution in [0, 0.1) is 13.8 Å². The molecular formula is C14H18N2O. The van der Waals surface area contributed by atoms with Gasteiger partial charge in [-0.1, -0.05) is 0 Å². The monoisotopic (exact) mass is 230 g/mol. The van der Waals surface area contributed by atoms with Gasteiger partial charge in [-0.2, -0.15) is 0 Å². The zero-order valence-corrected chi connectivity index (χ0v) is 10.5. The first-order valence-electron chi connectivity index (χ1n) is 5.86. The highest BCUT2D eigenvalue weighted by Crippen LogP contribution is 2.21. The number of nitrogens with one attached hydrogen (secondary N) is 1. The summed E-state index contributed by atoms with van der Waals surface area (Å²) in [5, 5.41) is 3.48. The summed E-state index contributed by atoms with van der Waals surface area (Å²) < 4.78 is 5.54. The Bertz CT molecular complexity index is 476. The number of aryl methyl sites for hydroxylation is 2. The molecule has 2 aromatic heterocycles. The van der Waals surface area contributed by atoms with E-state index in [4.69, 9.17) is 4.42 Å². The first kappa shape index (κ1) is 11.9. The third-order valence-electron chi connectivity index (χ3n) is 2.91. The number of rotatable bonds is 4. The summed E-state index contributed by atoms with van der Waals surface area (Å²) in [5.41, 5.74) is 2.47. The predicted molar refractivity (Wildman–Crippen MR) is 67.7 cm³/mol. The van der Waals surface area contributed by atoms with E-state index >= 15 is 0 Å². The highest BCUT2D eigenvalue weighted by atomic mass is 16.3. The van der Waals surface area contributed by atoms with Crippen LogP contribution in [0.1, 0.15) is 35.6 Å². The minimum Gasteiger partial charge on any atom is -0.466 e. The van der Waals surface area contributed by atoms with Gasteiger partial charge in [0.15, 0.2) is 0 Å². The summed E-state index contributed by atoms with van der Waals surface area (Å²) in [6.45, 7) is 6.98. The molecule has 1 unspecified atom stereocenters.